The van der Waals surface area contributed by atoms with Gasteiger partial charge in [-0.25, -0.2) is 10.5 Å². The number of aromatic nitrogens is 1. The summed E-state index contributed by atoms with van der Waals surface area (Å²) in [5, 5.41) is 10.5. The van der Waals surface area contributed by atoms with Gasteiger partial charge in [0, 0.05) is 6.20 Å². The number of hydrogen-bond acceptors (Lipinski definition) is 5. The minimum atomic E-state index is -0.763. The lowest BCUT2D eigenvalue weighted by atomic mass is 10.2. The summed E-state index contributed by atoms with van der Waals surface area (Å²) < 4.78 is 0. The lowest BCUT2D eigenvalue weighted by molar-refractivity contribution is -0.385. The van der Waals surface area contributed by atoms with Gasteiger partial charge in [0.2, 0.25) is 5.15 Å². The molecule has 1 N–H and O–H groups in total. The molecule has 1 aromatic heterocycles. The van der Waals surface area contributed by atoms with Crippen molar-refractivity contribution in [2.75, 3.05) is 0 Å². The summed E-state index contributed by atoms with van der Waals surface area (Å²) >= 11 is 5.58. The Hall–Kier alpha value is -1.73. The van der Waals surface area contributed by atoms with E-state index in [0.29, 0.717) is 0 Å². The molecule has 0 aliphatic heterocycles. The highest BCUT2D eigenvalue weighted by Gasteiger charge is 2.25. The summed E-state index contributed by atoms with van der Waals surface area (Å²) in [6, 6.07) is 1.20. The van der Waals surface area contributed by atoms with E-state index in [1.807, 2.05) is 0 Å². The number of carbonyl (C=O) groups excluding carboxylic acids is 1. The highest BCUT2D eigenvalue weighted by atomic mass is 35.5. The van der Waals surface area contributed by atoms with Crippen LogP contribution in [0.5, 0.6) is 0 Å². The average Bonchev–Trinajstić information content (AvgIpc) is 2.24. The predicted molar refractivity (Wildman–Crippen MR) is 64.2 cm³/mol. The van der Waals surface area contributed by atoms with Crippen LogP contribution in [0.15, 0.2) is 12.3 Å². The number of carbonyl (C=O) groups is 1. The van der Waals surface area contributed by atoms with E-state index in [0.717, 1.165) is 0 Å². The Kier molecular flexibility index (Phi) is 4.20. The number of amides is 1. The van der Waals surface area contributed by atoms with Crippen molar-refractivity contribution in [3.63, 3.8) is 0 Å². The molecule has 1 aromatic rings. The van der Waals surface area contributed by atoms with Gasteiger partial charge in [0.15, 0.2) is 0 Å². The van der Waals surface area contributed by atoms with Gasteiger partial charge in [-0.05, 0) is 26.8 Å². The van der Waals surface area contributed by atoms with Crippen molar-refractivity contribution >= 4 is 23.2 Å². The summed E-state index contributed by atoms with van der Waals surface area (Å²) in [4.78, 5) is 30.4. The first-order valence-electron chi connectivity index (χ1n) is 4.99. The van der Waals surface area contributed by atoms with Crippen molar-refractivity contribution < 1.29 is 14.6 Å². The summed E-state index contributed by atoms with van der Waals surface area (Å²) in [5.74, 6) is -0.749. The van der Waals surface area contributed by atoms with Crippen LogP contribution >= 0.6 is 11.6 Å². The second-order valence-electron chi connectivity index (χ2n) is 4.40. The SMILES string of the molecule is CC(C)(C)ONC(=O)c1ccnc(Cl)c1[N+](=O)[O-]. The maximum atomic E-state index is 11.7. The second kappa shape index (κ2) is 5.28. The van der Waals surface area contributed by atoms with Gasteiger partial charge in [0.25, 0.3) is 5.91 Å². The number of rotatable bonds is 3. The van der Waals surface area contributed by atoms with Crippen LogP contribution in [-0.4, -0.2) is 21.4 Å². The zero-order chi connectivity index (χ0) is 13.9. The van der Waals surface area contributed by atoms with Gasteiger partial charge in [-0.3, -0.25) is 19.7 Å². The van der Waals surface area contributed by atoms with Gasteiger partial charge < -0.3 is 0 Å². The van der Waals surface area contributed by atoms with Gasteiger partial charge in [-0.1, -0.05) is 11.6 Å². The van der Waals surface area contributed by atoms with E-state index in [1.54, 1.807) is 20.8 Å². The number of halogens is 1. The van der Waals surface area contributed by atoms with Crippen molar-refractivity contribution in [1.29, 1.82) is 0 Å². The third-order valence-corrected chi connectivity index (χ3v) is 2.03. The highest BCUT2D eigenvalue weighted by Crippen LogP contribution is 2.25. The third kappa shape index (κ3) is 3.64. The Bertz CT molecular complexity index is 485. The molecule has 0 bridgehead atoms. The van der Waals surface area contributed by atoms with Crippen molar-refractivity contribution in [1.82, 2.24) is 10.5 Å². The van der Waals surface area contributed by atoms with E-state index < -0.39 is 22.1 Å². The van der Waals surface area contributed by atoms with Crippen molar-refractivity contribution in [2.24, 2.45) is 0 Å². The van der Waals surface area contributed by atoms with Crippen LogP contribution in [0.3, 0.4) is 0 Å². The Morgan fingerprint density at radius 3 is 2.67 bits per heavy atom. The summed E-state index contributed by atoms with van der Waals surface area (Å²) in [5.41, 5.74) is 0.770. The Morgan fingerprint density at radius 1 is 1.56 bits per heavy atom. The van der Waals surface area contributed by atoms with Crippen LogP contribution in [0, 0.1) is 10.1 Å². The molecular formula is C10H12ClN3O4. The van der Waals surface area contributed by atoms with Gasteiger partial charge in [-0.15, -0.1) is 0 Å². The molecular weight excluding hydrogens is 262 g/mol. The van der Waals surface area contributed by atoms with Gasteiger partial charge in [0.05, 0.1) is 10.5 Å². The molecule has 1 heterocycles. The average molecular weight is 274 g/mol. The molecule has 0 saturated heterocycles. The first kappa shape index (κ1) is 14.3. The van der Waals surface area contributed by atoms with Crippen molar-refractivity contribution in [2.45, 2.75) is 26.4 Å². The summed E-state index contributed by atoms with van der Waals surface area (Å²) in [6.45, 7) is 5.17. The molecule has 0 atom stereocenters. The molecule has 0 aromatic carbocycles. The van der Waals surface area contributed by atoms with Crippen LogP contribution < -0.4 is 5.48 Å². The van der Waals surface area contributed by atoms with E-state index in [2.05, 4.69) is 10.5 Å². The molecule has 0 unspecified atom stereocenters. The quantitative estimate of drug-likeness (QED) is 0.517. The van der Waals surface area contributed by atoms with E-state index in [9.17, 15) is 14.9 Å². The smallest absolute Gasteiger partial charge is 0.268 e. The minimum absolute atomic E-state index is 0.204. The van der Waals surface area contributed by atoms with Crippen LogP contribution in [0.1, 0.15) is 31.1 Å². The fourth-order valence-corrected chi connectivity index (χ4v) is 1.27. The molecule has 0 aliphatic carbocycles. The molecule has 0 aliphatic rings. The van der Waals surface area contributed by atoms with Gasteiger partial charge in [-0.2, -0.15) is 0 Å². The number of hydrogen-bond donors (Lipinski definition) is 1. The first-order chi connectivity index (χ1) is 8.22. The highest BCUT2D eigenvalue weighted by molar-refractivity contribution is 6.32. The number of nitro groups is 1. The van der Waals surface area contributed by atoms with Crippen LogP contribution in [0.4, 0.5) is 5.69 Å². The number of nitrogens with one attached hydrogen (secondary N) is 1. The topological polar surface area (TPSA) is 94.4 Å². The van der Waals surface area contributed by atoms with Crippen LogP contribution in [-0.2, 0) is 4.84 Å². The van der Waals surface area contributed by atoms with Crippen LogP contribution in [0.25, 0.3) is 0 Å². The van der Waals surface area contributed by atoms with Crippen LogP contribution in [0.2, 0.25) is 5.15 Å². The Labute approximate surface area is 108 Å². The van der Waals surface area contributed by atoms with E-state index in [1.165, 1.54) is 12.3 Å². The molecule has 98 valence electrons. The largest absolute Gasteiger partial charge is 0.319 e. The molecule has 18 heavy (non-hydrogen) atoms. The standard InChI is InChI=1S/C10H12ClN3O4/c1-10(2,3)18-13-9(15)6-4-5-12-8(11)7(6)14(16)17/h4-5H,1-3H3,(H,13,15). The normalized spacial score (nSPS) is 11.1. The molecule has 7 nitrogen and oxygen atoms in total. The minimum Gasteiger partial charge on any atom is -0.268 e. The summed E-state index contributed by atoms with van der Waals surface area (Å²) in [6.07, 6.45) is 1.21. The fourth-order valence-electron chi connectivity index (χ4n) is 1.04. The third-order valence-electron chi connectivity index (χ3n) is 1.76. The first-order valence-corrected chi connectivity index (χ1v) is 5.37. The lowest BCUT2D eigenvalue weighted by Gasteiger charge is -2.18. The molecule has 1 amide bonds. The molecule has 0 spiro atoms. The second-order valence-corrected chi connectivity index (χ2v) is 4.76. The number of hydroxylamine groups is 1. The maximum Gasteiger partial charge on any atom is 0.319 e. The molecule has 8 heteroatoms. The number of nitrogens with zero attached hydrogens (tertiary/aromatic N) is 2. The van der Waals surface area contributed by atoms with Gasteiger partial charge in [0.1, 0.15) is 5.56 Å². The number of pyridine rings is 1. The van der Waals surface area contributed by atoms with E-state index >= 15 is 0 Å². The Morgan fingerprint density at radius 2 is 2.17 bits per heavy atom. The van der Waals surface area contributed by atoms with E-state index in [4.69, 9.17) is 16.4 Å². The molecule has 0 radical (unpaired) electrons. The zero-order valence-electron chi connectivity index (χ0n) is 10.1. The van der Waals surface area contributed by atoms with Crippen molar-refractivity contribution in [3.8, 4) is 0 Å². The maximum absolute atomic E-state index is 11.7. The van der Waals surface area contributed by atoms with E-state index in [-0.39, 0.29) is 10.7 Å². The summed E-state index contributed by atoms with van der Waals surface area (Å²) in [7, 11) is 0. The van der Waals surface area contributed by atoms with Crippen molar-refractivity contribution in [3.05, 3.63) is 33.1 Å². The molecule has 0 saturated carbocycles. The molecule has 0 fully saturated rings. The molecule has 1 rings (SSSR count). The monoisotopic (exact) mass is 273 g/mol. The zero-order valence-corrected chi connectivity index (χ0v) is 10.8. The Balaban J connectivity index is 3.00. The fraction of sp³-hybridized carbons (Fsp3) is 0.400. The van der Waals surface area contributed by atoms with Gasteiger partial charge >= 0.3 is 5.69 Å². The lowest BCUT2D eigenvalue weighted by Crippen LogP contribution is -2.33. The predicted octanol–water partition coefficient (Wildman–Crippen LogP) is 2.10.